The van der Waals surface area contributed by atoms with E-state index in [-0.39, 0.29) is 37.6 Å². The average molecular weight is 278 g/mol. The highest BCUT2D eigenvalue weighted by atomic mass is 19.4. The number of aryl methyl sites for hydroxylation is 1. The van der Waals surface area contributed by atoms with Gasteiger partial charge in [0, 0.05) is 25.4 Å². The number of hydrogen-bond donors (Lipinski definition) is 2. The molecule has 108 valence electrons. The summed E-state index contributed by atoms with van der Waals surface area (Å²) in [7, 11) is 0. The predicted octanol–water partition coefficient (Wildman–Crippen LogP) is 1.84. The molecule has 1 rings (SSSR count). The molecule has 0 aliphatic carbocycles. The van der Waals surface area contributed by atoms with E-state index in [2.05, 4.69) is 4.98 Å². The van der Waals surface area contributed by atoms with Crippen LogP contribution in [0.5, 0.6) is 5.75 Å². The van der Waals surface area contributed by atoms with Crippen LogP contribution in [0.2, 0.25) is 0 Å². The quantitative estimate of drug-likeness (QED) is 0.833. The van der Waals surface area contributed by atoms with Crippen molar-refractivity contribution >= 4 is 0 Å². The van der Waals surface area contributed by atoms with Crippen molar-refractivity contribution in [2.24, 2.45) is 0 Å². The van der Waals surface area contributed by atoms with Crippen LogP contribution in [0.1, 0.15) is 17.8 Å². The van der Waals surface area contributed by atoms with E-state index in [1.165, 1.54) is 6.07 Å². The minimum absolute atomic E-state index is 0.0884. The lowest BCUT2D eigenvalue weighted by atomic mass is 10.2. The second-order valence-electron chi connectivity index (χ2n) is 4.32. The number of nitrogens with zero attached hydrogens (tertiary/aromatic N) is 2. The molecule has 1 heterocycles. The van der Waals surface area contributed by atoms with Crippen LogP contribution in [0.25, 0.3) is 0 Å². The van der Waals surface area contributed by atoms with E-state index in [4.69, 9.17) is 5.11 Å². The molecule has 2 N–H and O–H groups in total. The number of pyridine rings is 1. The summed E-state index contributed by atoms with van der Waals surface area (Å²) in [5, 5.41) is 18.3. The maximum Gasteiger partial charge on any atom is 0.401 e. The van der Waals surface area contributed by atoms with Gasteiger partial charge in [-0.05, 0) is 25.5 Å². The van der Waals surface area contributed by atoms with Gasteiger partial charge in [0.15, 0.2) is 0 Å². The molecule has 0 unspecified atom stereocenters. The molecule has 0 atom stereocenters. The fraction of sp³-hybridized carbons (Fsp3) is 0.583. The molecule has 4 nitrogen and oxygen atoms in total. The molecule has 7 heteroatoms. The lowest BCUT2D eigenvalue weighted by Gasteiger charge is -2.23. The molecule has 0 bridgehead atoms. The first-order chi connectivity index (χ1) is 8.81. The molecular weight excluding hydrogens is 261 g/mol. The number of halogens is 3. The van der Waals surface area contributed by atoms with Crippen molar-refractivity contribution in [3.05, 3.63) is 23.5 Å². The van der Waals surface area contributed by atoms with Gasteiger partial charge in [-0.2, -0.15) is 13.2 Å². The zero-order valence-electron chi connectivity index (χ0n) is 10.6. The third-order valence-electron chi connectivity index (χ3n) is 2.50. The Balaban J connectivity index is 2.78. The fourth-order valence-corrected chi connectivity index (χ4v) is 1.69. The Morgan fingerprint density at radius 1 is 1.32 bits per heavy atom. The Morgan fingerprint density at radius 3 is 2.58 bits per heavy atom. The normalized spacial score (nSPS) is 12.1. The molecule has 1 aromatic rings. The summed E-state index contributed by atoms with van der Waals surface area (Å²) in [6.07, 6.45) is -4.09. The van der Waals surface area contributed by atoms with Crippen molar-refractivity contribution in [1.82, 2.24) is 9.88 Å². The van der Waals surface area contributed by atoms with E-state index in [1.807, 2.05) is 0 Å². The standard InChI is InChI=1S/C12H17F3N2O2/c1-9-3-4-11(19)10(16-9)7-17(5-2-6-18)8-12(13,14)15/h3-4,18-19H,2,5-8H2,1H3. The molecule has 0 spiro atoms. The van der Waals surface area contributed by atoms with Crippen LogP contribution in [0.3, 0.4) is 0 Å². The van der Waals surface area contributed by atoms with E-state index < -0.39 is 12.7 Å². The molecule has 19 heavy (non-hydrogen) atoms. The van der Waals surface area contributed by atoms with Crippen LogP contribution in [-0.4, -0.2) is 46.0 Å². The van der Waals surface area contributed by atoms with E-state index in [9.17, 15) is 18.3 Å². The molecule has 0 saturated heterocycles. The number of rotatable bonds is 6. The number of aliphatic hydroxyl groups excluding tert-OH is 1. The largest absolute Gasteiger partial charge is 0.506 e. The molecule has 0 saturated carbocycles. The molecule has 0 aliphatic rings. The third kappa shape index (κ3) is 5.89. The first-order valence-corrected chi connectivity index (χ1v) is 5.87. The van der Waals surface area contributed by atoms with Crippen LogP contribution in [0.4, 0.5) is 13.2 Å². The summed E-state index contributed by atoms with van der Waals surface area (Å²) < 4.78 is 37.3. The van der Waals surface area contributed by atoms with Crippen molar-refractivity contribution in [3.8, 4) is 5.75 Å². The van der Waals surface area contributed by atoms with Crippen LogP contribution < -0.4 is 0 Å². The third-order valence-corrected chi connectivity index (χ3v) is 2.50. The Labute approximate surface area is 109 Å². The number of alkyl halides is 3. The van der Waals surface area contributed by atoms with Crippen molar-refractivity contribution in [1.29, 1.82) is 0 Å². The monoisotopic (exact) mass is 278 g/mol. The lowest BCUT2D eigenvalue weighted by molar-refractivity contribution is -0.147. The van der Waals surface area contributed by atoms with Gasteiger partial charge in [0.1, 0.15) is 5.75 Å². The molecule has 0 amide bonds. The second-order valence-corrected chi connectivity index (χ2v) is 4.32. The minimum atomic E-state index is -4.32. The van der Waals surface area contributed by atoms with Gasteiger partial charge in [0.25, 0.3) is 0 Å². The zero-order chi connectivity index (χ0) is 14.5. The van der Waals surface area contributed by atoms with Gasteiger partial charge in [-0.3, -0.25) is 9.88 Å². The molecule has 0 fully saturated rings. The topological polar surface area (TPSA) is 56.6 Å². The SMILES string of the molecule is Cc1ccc(O)c(CN(CCCO)CC(F)(F)F)n1. The van der Waals surface area contributed by atoms with Crippen LogP contribution >= 0.6 is 0 Å². The highest BCUT2D eigenvalue weighted by molar-refractivity contribution is 5.27. The van der Waals surface area contributed by atoms with E-state index in [1.54, 1.807) is 13.0 Å². The number of aromatic hydroxyl groups is 1. The van der Waals surface area contributed by atoms with Crippen LogP contribution in [-0.2, 0) is 6.54 Å². The van der Waals surface area contributed by atoms with Crippen molar-refractivity contribution in [3.63, 3.8) is 0 Å². The molecular formula is C12H17F3N2O2. The van der Waals surface area contributed by atoms with E-state index in [0.29, 0.717) is 5.69 Å². The van der Waals surface area contributed by atoms with Gasteiger partial charge in [-0.1, -0.05) is 0 Å². The summed E-state index contributed by atoms with van der Waals surface area (Å²) in [6, 6.07) is 3.00. The summed E-state index contributed by atoms with van der Waals surface area (Å²) >= 11 is 0. The number of hydrogen-bond acceptors (Lipinski definition) is 4. The first kappa shape index (κ1) is 15.7. The van der Waals surface area contributed by atoms with Gasteiger partial charge >= 0.3 is 6.18 Å². The maximum absolute atomic E-state index is 12.4. The Kier molecular flexibility index (Phi) is 5.56. The smallest absolute Gasteiger partial charge is 0.401 e. The highest BCUT2D eigenvalue weighted by Gasteiger charge is 2.30. The molecule has 0 aliphatic heterocycles. The summed E-state index contributed by atoms with van der Waals surface area (Å²) in [4.78, 5) is 5.14. The van der Waals surface area contributed by atoms with Gasteiger partial charge in [-0.25, -0.2) is 0 Å². The van der Waals surface area contributed by atoms with Gasteiger partial charge in [0.2, 0.25) is 0 Å². The fourth-order valence-electron chi connectivity index (χ4n) is 1.69. The van der Waals surface area contributed by atoms with Crippen LogP contribution in [0.15, 0.2) is 12.1 Å². The molecule has 1 aromatic heterocycles. The maximum atomic E-state index is 12.4. The van der Waals surface area contributed by atoms with Crippen LogP contribution in [0, 0.1) is 6.92 Å². The van der Waals surface area contributed by atoms with Crippen molar-refractivity contribution in [2.75, 3.05) is 19.7 Å². The Hall–Kier alpha value is -1.34. The Morgan fingerprint density at radius 2 is 2.00 bits per heavy atom. The lowest BCUT2D eigenvalue weighted by Crippen LogP contribution is -2.35. The van der Waals surface area contributed by atoms with Gasteiger partial charge in [0.05, 0.1) is 12.2 Å². The minimum Gasteiger partial charge on any atom is -0.506 e. The molecule has 0 radical (unpaired) electrons. The van der Waals surface area contributed by atoms with E-state index >= 15 is 0 Å². The average Bonchev–Trinajstić information content (AvgIpc) is 2.29. The number of aliphatic hydroxyl groups is 1. The number of aromatic nitrogens is 1. The summed E-state index contributed by atoms with van der Waals surface area (Å²) in [6.45, 7) is 0.409. The zero-order valence-corrected chi connectivity index (χ0v) is 10.6. The van der Waals surface area contributed by atoms with Crippen molar-refractivity contribution < 1.29 is 23.4 Å². The van der Waals surface area contributed by atoms with E-state index in [0.717, 1.165) is 4.90 Å². The van der Waals surface area contributed by atoms with Gasteiger partial charge < -0.3 is 10.2 Å². The van der Waals surface area contributed by atoms with Crippen molar-refractivity contribution in [2.45, 2.75) is 26.1 Å². The molecule has 0 aromatic carbocycles. The predicted molar refractivity (Wildman–Crippen MR) is 63.7 cm³/mol. The Bertz CT molecular complexity index is 410. The highest BCUT2D eigenvalue weighted by Crippen LogP contribution is 2.21. The summed E-state index contributed by atoms with van der Waals surface area (Å²) in [5.74, 6) is -0.123. The second kappa shape index (κ2) is 6.72. The first-order valence-electron chi connectivity index (χ1n) is 5.87. The van der Waals surface area contributed by atoms with Gasteiger partial charge in [-0.15, -0.1) is 0 Å². The summed E-state index contributed by atoms with van der Waals surface area (Å²) in [5.41, 5.74) is 0.837.